The Morgan fingerprint density at radius 2 is 2.10 bits per heavy atom. The number of carbonyl (C=O) groups excluding carboxylic acids is 1. The minimum absolute atomic E-state index is 0.414. The smallest absolute Gasteiger partial charge is 0.153 e. The van der Waals surface area contributed by atoms with Gasteiger partial charge in [0, 0.05) is 18.0 Å². The van der Waals surface area contributed by atoms with Crippen LogP contribution in [0.2, 0.25) is 0 Å². The van der Waals surface area contributed by atoms with Crippen LogP contribution in [0.15, 0.2) is 18.7 Å². The molecule has 1 aromatic heterocycles. The molecule has 0 radical (unpaired) electrons. The van der Waals surface area contributed by atoms with Crippen molar-refractivity contribution in [2.45, 2.75) is 6.10 Å². The van der Waals surface area contributed by atoms with Crippen molar-refractivity contribution in [2.24, 2.45) is 0 Å². The second-order valence-corrected chi connectivity index (χ2v) is 1.75. The van der Waals surface area contributed by atoms with Crippen LogP contribution in [0.1, 0.15) is 11.7 Å². The Morgan fingerprint density at radius 1 is 1.50 bits per heavy atom. The fraction of sp³-hybridized carbons (Fsp3) is 0.167. The molecule has 1 heterocycles. The summed E-state index contributed by atoms with van der Waals surface area (Å²) in [5.41, 5.74) is 0.414. The van der Waals surface area contributed by atoms with Crippen LogP contribution >= 0.6 is 0 Å². The van der Waals surface area contributed by atoms with Gasteiger partial charge in [-0.05, 0) is 0 Å². The molecule has 0 bridgehead atoms. The van der Waals surface area contributed by atoms with Crippen molar-refractivity contribution < 1.29 is 9.90 Å². The lowest BCUT2D eigenvalue weighted by atomic mass is 10.2. The molecule has 0 aliphatic rings. The zero-order chi connectivity index (χ0) is 7.40. The number of aromatic nitrogens is 2. The Kier molecular flexibility index (Phi) is 2.07. The fourth-order valence-corrected chi connectivity index (χ4v) is 0.542. The maximum atomic E-state index is 10.00. The van der Waals surface area contributed by atoms with Crippen LogP contribution in [0.25, 0.3) is 0 Å². The number of aldehydes is 1. The predicted octanol–water partition coefficient (Wildman–Crippen LogP) is -0.291. The quantitative estimate of drug-likeness (QED) is 0.570. The van der Waals surface area contributed by atoms with E-state index in [-0.39, 0.29) is 0 Å². The summed E-state index contributed by atoms with van der Waals surface area (Å²) >= 11 is 0. The van der Waals surface area contributed by atoms with E-state index >= 15 is 0 Å². The van der Waals surface area contributed by atoms with Crippen LogP contribution in [0.3, 0.4) is 0 Å². The van der Waals surface area contributed by atoms with E-state index < -0.39 is 6.10 Å². The molecule has 0 fully saturated rings. The van der Waals surface area contributed by atoms with Crippen LogP contribution < -0.4 is 0 Å². The van der Waals surface area contributed by atoms with Crippen LogP contribution in [0, 0.1) is 0 Å². The van der Waals surface area contributed by atoms with Crippen LogP contribution in [-0.2, 0) is 4.79 Å². The van der Waals surface area contributed by atoms with Gasteiger partial charge in [0.25, 0.3) is 0 Å². The Balaban J connectivity index is 2.84. The molecule has 1 rings (SSSR count). The fourth-order valence-electron chi connectivity index (χ4n) is 0.542. The summed E-state index contributed by atoms with van der Waals surface area (Å²) in [6.07, 6.45) is 3.46. The lowest BCUT2D eigenvalue weighted by molar-refractivity contribution is -0.115. The van der Waals surface area contributed by atoms with E-state index in [0.29, 0.717) is 11.8 Å². The van der Waals surface area contributed by atoms with Crippen molar-refractivity contribution in [1.29, 1.82) is 0 Å². The summed E-state index contributed by atoms with van der Waals surface area (Å²) in [7, 11) is 0. The summed E-state index contributed by atoms with van der Waals surface area (Å²) in [4.78, 5) is 17.2. The lowest BCUT2D eigenvalue weighted by Gasteiger charge is -1.98. The first kappa shape index (κ1) is 6.82. The highest BCUT2D eigenvalue weighted by molar-refractivity contribution is 5.58. The van der Waals surface area contributed by atoms with Crippen LogP contribution in [0.4, 0.5) is 0 Å². The largest absolute Gasteiger partial charge is 0.381 e. The summed E-state index contributed by atoms with van der Waals surface area (Å²) in [5.74, 6) is 0. The molecule has 0 spiro atoms. The van der Waals surface area contributed by atoms with Gasteiger partial charge < -0.3 is 9.90 Å². The maximum absolute atomic E-state index is 10.00. The molecular formula is C6H6N2O2. The molecule has 0 aromatic carbocycles. The van der Waals surface area contributed by atoms with Crippen LogP contribution in [0.5, 0.6) is 0 Å². The van der Waals surface area contributed by atoms with Crippen molar-refractivity contribution in [2.75, 3.05) is 0 Å². The molecule has 0 aliphatic carbocycles. The Bertz CT molecular complexity index is 212. The predicted molar refractivity (Wildman–Crippen MR) is 33.1 cm³/mol. The number of rotatable bonds is 2. The van der Waals surface area contributed by atoms with Gasteiger partial charge in [-0.2, -0.15) is 0 Å². The summed E-state index contributed by atoms with van der Waals surface area (Å²) in [6, 6.07) is 0. The standard InChI is InChI=1S/C6H6N2O2/c9-3-6(10)5-1-7-4-8-2-5/h1-4,6,10H. The molecule has 0 saturated carbocycles. The molecule has 10 heavy (non-hydrogen) atoms. The molecule has 4 nitrogen and oxygen atoms in total. The van der Waals surface area contributed by atoms with Crippen molar-refractivity contribution in [3.63, 3.8) is 0 Å². The maximum Gasteiger partial charge on any atom is 0.153 e. The van der Waals surface area contributed by atoms with E-state index in [1.54, 1.807) is 0 Å². The van der Waals surface area contributed by atoms with E-state index in [4.69, 9.17) is 5.11 Å². The SMILES string of the molecule is O=CC(O)c1cncnc1. The third-order valence-electron chi connectivity index (χ3n) is 1.05. The Hall–Kier alpha value is -1.29. The van der Waals surface area contributed by atoms with Gasteiger partial charge in [-0.15, -0.1) is 0 Å². The third-order valence-corrected chi connectivity index (χ3v) is 1.05. The summed E-state index contributed by atoms with van der Waals surface area (Å²) < 4.78 is 0. The first-order valence-corrected chi connectivity index (χ1v) is 2.73. The minimum atomic E-state index is -1.10. The van der Waals surface area contributed by atoms with Gasteiger partial charge in [-0.3, -0.25) is 0 Å². The van der Waals surface area contributed by atoms with Gasteiger partial charge in [0.05, 0.1) is 0 Å². The number of aliphatic hydroxyl groups excluding tert-OH is 1. The van der Waals surface area contributed by atoms with Crippen molar-refractivity contribution in [3.8, 4) is 0 Å². The first-order chi connectivity index (χ1) is 4.84. The molecule has 1 atom stereocenters. The zero-order valence-electron chi connectivity index (χ0n) is 5.14. The van der Waals surface area contributed by atoms with E-state index in [2.05, 4.69) is 9.97 Å². The molecule has 0 saturated heterocycles. The molecule has 4 heteroatoms. The number of aliphatic hydroxyl groups is 1. The Morgan fingerprint density at radius 3 is 2.60 bits per heavy atom. The normalized spacial score (nSPS) is 12.5. The number of nitrogens with zero attached hydrogens (tertiary/aromatic N) is 2. The van der Waals surface area contributed by atoms with Crippen molar-refractivity contribution in [3.05, 3.63) is 24.3 Å². The van der Waals surface area contributed by atoms with Gasteiger partial charge >= 0.3 is 0 Å². The molecule has 0 aliphatic heterocycles. The lowest BCUT2D eigenvalue weighted by Crippen LogP contribution is -1.98. The highest BCUT2D eigenvalue weighted by Crippen LogP contribution is 2.04. The number of hydrogen-bond donors (Lipinski definition) is 1. The molecule has 0 amide bonds. The topological polar surface area (TPSA) is 63.1 Å². The van der Waals surface area contributed by atoms with Crippen molar-refractivity contribution >= 4 is 6.29 Å². The third kappa shape index (κ3) is 1.35. The monoisotopic (exact) mass is 138 g/mol. The van der Waals surface area contributed by atoms with Crippen molar-refractivity contribution in [1.82, 2.24) is 9.97 Å². The zero-order valence-corrected chi connectivity index (χ0v) is 5.14. The minimum Gasteiger partial charge on any atom is -0.381 e. The van der Waals surface area contributed by atoms with Gasteiger partial charge in [0.1, 0.15) is 12.4 Å². The second kappa shape index (κ2) is 3.03. The number of hydrogen-bond acceptors (Lipinski definition) is 4. The summed E-state index contributed by atoms with van der Waals surface area (Å²) in [6.45, 7) is 0. The molecule has 1 aromatic rings. The average molecular weight is 138 g/mol. The molecular weight excluding hydrogens is 132 g/mol. The molecule has 1 unspecified atom stereocenters. The van der Waals surface area contributed by atoms with Gasteiger partial charge in [-0.25, -0.2) is 9.97 Å². The van der Waals surface area contributed by atoms with E-state index in [1.165, 1.54) is 18.7 Å². The first-order valence-electron chi connectivity index (χ1n) is 2.73. The van der Waals surface area contributed by atoms with E-state index in [9.17, 15) is 4.79 Å². The van der Waals surface area contributed by atoms with Gasteiger partial charge in [0.15, 0.2) is 6.29 Å². The highest BCUT2D eigenvalue weighted by Gasteiger charge is 2.03. The average Bonchev–Trinajstić information content (AvgIpc) is 2.05. The van der Waals surface area contributed by atoms with E-state index in [0.717, 1.165) is 0 Å². The van der Waals surface area contributed by atoms with Gasteiger partial charge in [0.2, 0.25) is 0 Å². The van der Waals surface area contributed by atoms with E-state index in [1.807, 2.05) is 0 Å². The molecule has 1 N–H and O–H groups in total. The highest BCUT2D eigenvalue weighted by atomic mass is 16.3. The van der Waals surface area contributed by atoms with Gasteiger partial charge in [-0.1, -0.05) is 0 Å². The number of carbonyl (C=O) groups is 1. The molecule has 52 valence electrons. The van der Waals surface area contributed by atoms with Crippen LogP contribution in [-0.4, -0.2) is 21.4 Å². The Labute approximate surface area is 57.6 Å². The second-order valence-electron chi connectivity index (χ2n) is 1.75. The summed E-state index contributed by atoms with van der Waals surface area (Å²) in [5, 5.41) is 8.88.